The molecule has 1 aliphatic carbocycles. The van der Waals surface area contributed by atoms with Gasteiger partial charge in [0.2, 0.25) is 0 Å². The molecule has 1 aromatic rings. The van der Waals surface area contributed by atoms with Crippen LogP contribution in [0.25, 0.3) is 0 Å². The number of carbonyl (C=O) groups is 3. The van der Waals surface area contributed by atoms with Crippen LogP contribution in [-0.4, -0.2) is 22.9 Å². The maximum Gasteiger partial charge on any atom is 0.314 e. The fraction of sp³-hybridized carbons (Fsp3) is 0.267. The van der Waals surface area contributed by atoms with E-state index in [2.05, 4.69) is 0 Å². The van der Waals surface area contributed by atoms with E-state index in [0.29, 0.717) is 24.1 Å². The number of anilines is 1. The van der Waals surface area contributed by atoms with E-state index in [1.165, 1.54) is 6.08 Å². The van der Waals surface area contributed by atoms with Crippen LogP contribution in [0.15, 0.2) is 35.9 Å². The first-order chi connectivity index (χ1) is 9.45. The van der Waals surface area contributed by atoms with Gasteiger partial charge in [-0.25, -0.2) is 4.90 Å². The maximum absolute atomic E-state index is 11.9. The highest BCUT2D eigenvalue weighted by Crippen LogP contribution is 2.48. The van der Waals surface area contributed by atoms with Gasteiger partial charge in [0.15, 0.2) is 0 Å². The molecular formula is C15H13NO4. The highest BCUT2D eigenvalue weighted by Gasteiger charge is 2.51. The standard InChI is InChI=1S/C15H13NO4/c1-9-8-12(17)16(13(9)18)11-4-2-10(3-5-11)15(6-7-15)14(19)20/h2-5,8H,6-7H2,1H3,(H,19,20). The molecule has 0 bridgehead atoms. The summed E-state index contributed by atoms with van der Waals surface area (Å²) < 4.78 is 0. The number of amides is 2. The number of rotatable bonds is 3. The van der Waals surface area contributed by atoms with Crippen LogP contribution >= 0.6 is 0 Å². The zero-order chi connectivity index (χ0) is 14.5. The third kappa shape index (κ3) is 1.66. The molecule has 5 nitrogen and oxygen atoms in total. The second kappa shape index (κ2) is 4.03. The maximum atomic E-state index is 11.9. The van der Waals surface area contributed by atoms with Gasteiger partial charge in [-0.3, -0.25) is 14.4 Å². The van der Waals surface area contributed by atoms with Gasteiger partial charge in [0.25, 0.3) is 11.8 Å². The lowest BCUT2D eigenvalue weighted by Crippen LogP contribution is -2.30. The highest BCUT2D eigenvalue weighted by atomic mass is 16.4. The Morgan fingerprint density at radius 3 is 2.20 bits per heavy atom. The number of hydrogen-bond acceptors (Lipinski definition) is 3. The van der Waals surface area contributed by atoms with E-state index in [4.69, 9.17) is 0 Å². The molecule has 2 amide bonds. The normalized spacial score (nSPS) is 20.1. The molecule has 1 aromatic carbocycles. The van der Waals surface area contributed by atoms with E-state index < -0.39 is 11.4 Å². The number of hydrogen-bond donors (Lipinski definition) is 1. The SMILES string of the molecule is CC1=CC(=O)N(c2ccc(C3(C(=O)O)CC3)cc2)C1=O. The Labute approximate surface area is 115 Å². The molecule has 0 aromatic heterocycles. The van der Waals surface area contributed by atoms with Crippen molar-refractivity contribution in [3.63, 3.8) is 0 Å². The number of nitrogens with zero attached hydrogens (tertiary/aromatic N) is 1. The van der Waals surface area contributed by atoms with Crippen molar-refractivity contribution in [3.8, 4) is 0 Å². The quantitative estimate of drug-likeness (QED) is 0.848. The predicted octanol–water partition coefficient (Wildman–Crippen LogP) is 1.62. The Morgan fingerprint density at radius 1 is 1.20 bits per heavy atom. The molecule has 3 rings (SSSR count). The molecule has 20 heavy (non-hydrogen) atoms. The molecular weight excluding hydrogens is 258 g/mol. The minimum absolute atomic E-state index is 0.331. The van der Waals surface area contributed by atoms with Crippen LogP contribution in [0.4, 0.5) is 5.69 Å². The van der Waals surface area contributed by atoms with Gasteiger partial charge in [-0.15, -0.1) is 0 Å². The fourth-order valence-corrected chi connectivity index (χ4v) is 2.51. The van der Waals surface area contributed by atoms with Crippen LogP contribution in [0.5, 0.6) is 0 Å². The minimum Gasteiger partial charge on any atom is -0.481 e. The summed E-state index contributed by atoms with van der Waals surface area (Å²) in [6, 6.07) is 6.62. The number of benzene rings is 1. The van der Waals surface area contributed by atoms with Crippen molar-refractivity contribution in [2.75, 3.05) is 4.90 Å². The summed E-state index contributed by atoms with van der Waals surface area (Å²) in [5.74, 6) is -1.52. The molecule has 0 radical (unpaired) electrons. The van der Waals surface area contributed by atoms with Crippen molar-refractivity contribution in [2.45, 2.75) is 25.2 Å². The van der Waals surface area contributed by atoms with Crippen LogP contribution in [0, 0.1) is 0 Å². The van der Waals surface area contributed by atoms with Crippen LogP contribution in [0.1, 0.15) is 25.3 Å². The summed E-state index contributed by atoms with van der Waals surface area (Å²) in [4.78, 5) is 35.9. The largest absolute Gasteiger partial charge is 0.481 e. The second-order valence-electron chi connectivity index (χ2n) is 5.24. The summed E-state index contributed by atoms with van der Waals surface area (Å²) in [5, 5.41) is 9.23. The van der Waals surface area contributed by atoms with Crippen LogP contribution in [-0.2, 0) is 19.8 Å². The average Bonchev–Trinajstić information content (AvgIpc) is 3.16. The monoisotopic (exact) mass is 271 g/mol. The Kier molecular flexibility index (Phi) is 2.54. The summed E-state index contributed by atoms with van der Waals surface area (Å²) in [6.45, 7) is 1.60. The van der Waals surface area contributed by atoms with Crippen molar-refractivity contribution in [1.82, 2.24) is 0 Å². The topological polar surface area (TPSA) is 74.7 Å². The van der Waals surface area contributed by atoms with Gasteiger partial charge >= 0.3 is 5.97 Å². The lowest BCUT2D eigenvalue weighted by atomic mass is 9.96. The Bertz CT molecular complexity index is 653. The lowest BCUT2D eigenvalue weighted by molar-refractivity contribution is -0.140. The number of aliphatic carboxylic acids is 1. The van der Waals surface area contributed by atoms with Gasteiger partial charge in [-0.1, -0.05) is 12.1 Å². The van der Waals surface area contributed by atoms with Gasteiger partial charge in [0.1, 0.15) is 0 Å². The Hall–Kier alpha value is -2.43. The first-order valence-electron chi connectivity index (χ1n) is 6.36. The van der Waals surface area contributed by atoms with Gasteiger partial charge in [0, 0.05) is 11.6 Å². The van der Waals surface area contributed by atoms with E-state index >= 15 is 0 Å². The van der Waals surface area contributed by atoms with E-state index in [9.17, 15) is 19.5 Å². The summed E-state index contributed by atoms with van der Waals surface area (Å²) >= 11 is 0. The van der Waals surface area contributed by atoms with Gasteiger partial charge in [-0.2, -0.15) is 0 Å². The molecule has 1 heterocycles. The molecule has 0 unspecified atom stereocenters. The van der Waals surface area contributed by atoms with Crippen molar-refractivity contribution in [3.05, 3.63) is 41.5 Å². The average molecular weight is 271 g/mol. The van der Waals surface area contributed by atoms with Crippen LogP contribution < -0.4 is 4.90 Å². The fourth-order valence-electron chi connectivity index (χ4n) is 2.51. The number of carboxylic acids is 1. The van der Waals surface area contributed by atoms with Crippen molar-refractivity contribution in [2.24, 2.45) is 0 Å². The van der Waals surface area contributed by atoms with Gasteiger partial charge in [0.05, 0.1) is 11.1 Å². The number of imide groups is 1. The third-order valence-corrected chi connectivity index (χ3v) is 3.94. The van der Waals surface area contributed by atoms with E-state index in [1.54, 1.807) is 31.2 Å². The van der Waals surface area contributed by atoms with E-state index in [0.717, 1.165) is 10.5 Å². The van der Waals surface area contributed by atoms with Crippen LogP contribution in [0.3, 0.4) is 0 Å². The molecule has 5 heteroatoms. The second-order valence-corrected chi connectivity index (χ2v) is 5.24. The Morgan fingerprint density at radius 2 is 1.80 bits per heavy atom. The molecule has 1 aliphatic heterocycles. The molecule has 0 atom stereocenters. The zero-order valence-electron chi connectivity index (χ0n) is 10.9. The predicted molar refractivity (Wildman–Crippen MR) is 71.2 cm³/mol. The summed E-state index contributed by atoms with van der Waals surface area (Å²) in [7, 11) is 0. The zero-order valence-corrected chi connectivity index (χ0v) is 10.9. The van der Waals surface area contributed by atoms with Gasteiger partial charge < -0.3 is 5.11 Å². The van der Waals surface area contributed by atoms with Crippen molar-refractivity contribution in [1.29, 1.82) is 0 Å². The number of carboxylic acid groups (broad SMARTS) is 1. The molecule has 0 spiro atoms. The summed E-state index contributed by atoms with van der Waals surface area (Å²) in [6.07, 6.45) is 2.56. The Balaban J connectivity index is 1.90. The molecule has 1 fully saturated rings. The summed E-state index contributed by atoms with van der Waals surface area (Å²) in [5.41, 5.74) is 0.824. The van der Waals surface area contributed by atoms with Crippen LogP contribution in [0.2, 0.25) is 0 Å². The molecule has 2 aliphatic rings. The van der Waals surface area contributed by atoms with Crippen molar-refractivity contribution >= 4 is 23.5 Å². The lowest BCUT2D eigenvalue weighted by Gasteiger charge is -2.16. The molecule has 1 saturated carbocycles. The van der Waals surface area contributed by atoms with Crippen molar-refractivity contribution < 1.29 is 19.5 Å². The molecule has 102 valence electrons. The first kappa shape index (κ1) is 12.6. The smallest absolute Gasteiger partial charge is 0.314 e. The van der Waals surface area contributed by atoms with Gasteiger partial charge in [-0.05, 0) is 37.5 Å². The molecule has 0 saturated heterocycles. The third-order valence-electron chi connectivity index (χ3n) is 3.94. The highest BCUT2D eigenvalue weighted by molar-refractivity contribution is 6.30. The molecule has 1 N–H and O–H groups in total. The first-order valence-corrected chi connectivity index (χ1v) is 6.36. The minimum atomic E-state index is -0.823. The van der Waals surface area contributed by atoms with E-state index in [1.807, 2.05) is 0 Å². The van der Waals surface area contributed by atoms with E-state index in [-0.39, 0.29) is 11.8 Å². The number of carbonyl (C=O) groups excluding carboxylic acids is 2.